The first-order chi connectivity index (χ1) is 17.8. The van der Waals surface area contributed by atoms with E-state index in [1.807, 2.05) is 13.0 Å². The number of aromatic nitrogens is 3. The summed E-state index contributed by atoms with van der Waals surface area (Å²) in [7, 11) is 2.46. The second kappa shape index (κ2) is 12.9. The Morgan fingerprint density at radius 2 is 1.86 bits per heavy atom. The number of esters is 2. The van der Waals surface area contributed by atoms with Gasteiger partial charge >= 0.3 is 11.9 Å². The molecule has 0 bridgehead atoms. The highest BCUT2D eigenvalue weighted by Gasteiger charge is 2.19. The van der Waals surface area contributed by atoms with Crippen molar-refractivity contribution in [1.29, 1.82) is 0 Å². The second-order valence-corrected chi connectivity index (χ2v) is 8.93. The highest BCUT2D eigenvalue weighted by molar-refractivity contribution is 7.99. The maximum Gasteiger partial charge on any atom is 0.339 e. The number of hydrogen-bond acceptors (Lipinski definition) is 9. The number of anilines is 1. The van der Waals surface area contributed by atoms with E-state index in [1.54, 1.807) is 22.8 Å². The van der Waals surface area contributed by atoms with E-state index in [1.165, 1.54) is 32.4 Å². The van der Waals surface area contributed by atoms with Crippen molar-refractivity contribution in [2.24, 2.45) is 0 Å². The Hall–Kier alpha value is -3.83. The van der Waals surface area contributed by atoms with Gasteiger partial charge in [-0.25, -0.2) is 9.59 Å². The van der Waals surface area contributed by atoms with Crippen LogP contribution in [0.4, 0.5) is 5.69 Å². The number of rotatable bonds is 11. The zero-order valence-electron chi connectivity index (χ0n) is 20.4. The lowest BCUT2D eigenvalue weighted by molar-refractivity contribution is -0.113. The molecule has 12 heteroatoms. The molecule has 0 aliphatic carbocycles. The maximum atomic E-state index is 12.7. The van der Waals surface area contributed by atoms with Crippen LogP contribution in [0.1, 0.15) is 32.1 Å². The summed E-state index contributed by atoms with van der Waals surface area (Å²) < 4.78 is 17.1. The fourth-order valence-electron chi connectivity index (χ4n) is 3.20. The molecule has 0 fully saturated rings. The fourth-order valence-corrected chi connectivity index (χ4v) is 4.08. The molecule has 1 aromatic heterocycles. The summed E-state index contributed by atoms with van der Waals surface area (Å²) in [5, 5.41) is 12.1. The van der Waals surface area contributed by atoms with E-state index in [9.17, 15) is 14.4 Å². The molecule has 1 amide bonds. The minimum atomic E-state index is -0.661. The number of nitrogens with one attached hydrogen (secondary N) is 1. The smallest absolute Gasteiger partial charge is 0.339 e. The first-order valence-corrected chi connectivity index (χ1v) is 12.3. The standard InChI is InChI=1S/C25H25ClN4O6S/c1-5-10-30-21(13-36-17-7-9-19(26)15(2)11-17)28-29-25(30)37-14-22(31)27-20-12-16(23(32)34-3)6-8-18(20)24(33)35-4/h5-9,11-12H,1,10,13-14H2,2-4H3,(H,27,31). The molecule has 0 spiro atoms. The van der Waals surface area contributed by atoms with Gasteiger partial charge in [0.15, 0.2) is 11.0 Å². The number of thioether (sulfide) groups is 1. The highest BCUT2D eigenvalue weighted by atomic mass is 35.5. The summed E-state index contributed by atoms with van der Waals surface area (Å²) in [4.78, 5) is 36.7. The highest BCUT2D eigenvalue weighted by Crippen LogP contribution is 2.24. The molecule has 0 saturated heterocycles. The average Bonchev–Trinajstić information content (AvgIpc) is 3.28. The Labute approximate surface area is 222 Å². The van der Waals surface area contributed by atoms with Gasteiger partial charge in [-0.05, 0) is 48.9 Å². The molecule has 0 aliphatic heterocycles. The molecule has 0 atom stereocenters. The Bertz CT molecular complexity index is 1330. The quantitative estimate of drug-likeness (QED) is 0.214. The van der Waals surface area contributed by atoms with Crippen molar-refractivity contribution in [3.05, 3.63) is 76.6 Å². The molecular weight excluding hydrogens is 520 g/mol. The van der Waals surface area contributed by atoms with Gasteiger partial charge in [0, 0.05) is 11.6 Å². The summed E-state index contributed by atoms with van der Waals surface area (Å²) in [6.45, 7) is 6.21. The van der Waals surface area contributed by atoms with E-state index in [-0.39, 0.29) is 29.2 Å². The van der Waals surface area contributed by atoms with Crippen LogP contribution in [0.5, 0.6) is 5.75 Å². The van der Waals surface area contributed by atoms with Gasteiger partial charge in [-0.1, -0.05) is 29.4 Å². The van der Waals surface area contributed by atoms with E-state index >= 15 is 0 Å². The van der Waals surface area contributed by atoms with E-state index < -0.39 is 17.8 Å². The van der Waals surface area contributed by atoms with Gasteiger partial charge in [0.25, 0.3) is 0 Å². The van der Waals surface area contributed by atoms with E-state index in [4.69, 9.17) is 25.8 Å². The molecular formula is C25H25ClN4O6S. The molecule has 1 heterocycles. The summed E-state index contributed by atoms with van der Waals surface area (Å²) >= 11 is 7.21. The van der Waals surface area contributed by atoms with Gasteiger partial charge in [-0.15, -0.1) is 16.8 Å². The van der Waals surface area contributed by atoms with Crippen LogP contribution in [0, 0.1) is 6.92 Å². The molecule has 194 valence electrons. The minimum Gasteiger partial charge on any atom is -0.486 e. The van der Waals surface area contributed by atoms with Gasteiger partial charge in [-0.3, -0.25) is 9.36 Å². The maximum absolute atomic E-state index is 12.7. The Morgan fingerprint density at radius 3 is 2.54 bits per heavy atom. The predicted molar refractivity (Wildman–Crippen MR) is 139 cm³/mol. The third kappa shape index (κ3) is 7.11. The number of methoxy groups -OCH3 is 2. The molecule has 37 heavy (non-hydrogen) atoms. The van der Waals surface area contributed by atoms with Crippen molar-refractivity contribution in [1.82, 2.24) is 14.8 Å². The number of allylic oxidation sites excluding steroid dienone is 1. The lowest BCUT2D eigenvalue weighted by Crippen LogP contribution is -2.18. The zero-order valence-corrected chi connectivity index (χ0v) is 22.0. The van der Waals surface area contributed by atoms with Crippen LogP contribution in [0.15, 0.2) is 54.2 Å². The Kier molecular flexibility index (Phi) is 9.70. The summed E-state index contributed by atoms with van der Waals surface area (Å²) in [5.41, 5.74) is 1.28. The number of benzene rings is 2. The summed E-state index contributed by atoms with van der Waals surface area (Å²) in [6, 6.07) is 9.50. The number of nitrogens with zero attached hydrogens (tertiary/aromatic N) is 3. The largest absolute Gasteiger partial charge is 0.486 e. The predicted octanol–water partition coefficient (Wildman–Crippen LogP) is 4.31. The minimum absolute atomic E-state index is 0.0461. The number of aryl methyl sites for hydroxylation is 1. The third-order valence-electron chi connectivity index (χ3n) is 5.05. The number of halogens is 1. The molecule has 3 rings (SSSR count). The number of carbonyl (C=O) groups excluding carboxylic acids is 3. The van der Waals surface area contributed by atoms with Gasteiger partial charge in [0.2, 0.25) is 5.91 Å². The lowest BCUT2D eigenvalue weighted by atomic mass is 10.1. The monoisotopic (exact) mass is 544 g/mol. The molecule has 10 nitrogen and oxygen atoms in total. The third-order valence-corrected chi connectivity index (χ3v) is 6.45. The second-order valence-electron chi connectivity index (χ2n) is 7.58. The van der Waals surface area contributed by atoms with Crippen LogP contribution in [-0.4, -0.2) is 52.6 Å². The van der Waals surface area contributed by atoms with Gasteiger partial charge < -0.3 is 19.5 Å². The zero-order chi connectivity index (χ0) is 26.9. The number of carbonyl (C=O) groups is 3. The molecule has 2 aromatic carbocycles. The fraction of sp³-hybridized carbons (Fsp3) is 0.240. The summed E-state index contributed by atoms with van der Waals surface area (Å²) in [5.74, 6) is -0.559. The average molecular weight is 545 g/mol. The van der Waals surface area contributed by atoms with Crippen molar-refractivity contribution >= 4 is 46.9 Å². The van der Waals surface area contributed by atoms with Crippen LogP contribution in [0.25, 0.3) is 0 Å². The van der Waals surface area contributed by atoms with Gasteiger partial charge in [-0.2, -0.15) is 0 Å². The van der Waals surface area contributed by atoms with Crippen LogP contribution in [-0.2, 0) is 27.4 Å². The van der Waals surface area contributed by atoms with Crippen LogP contribution in [0.2, 0.25) is 5.02 Å². The van der Waals surface area contributed by atoms with Gasteiger partial charge in [0.1, 0.15) is 12.4 Å². The van der Waals surface area contributed by atoms with Crippen molar-refractivity contribution in [2.75, 3.05) is 25.3 Å². The topological polar surface area (TPSA) is 122 Å². The van der Waals surface area contributed by atoms with Crippen molar-refractivity contribution in [2.45, 2.75) is 25.2 Å². The molecule has 0 unspecified atom stereocenters. The van der Waals surface area contributed by atoms with Crippen LogP contribution in [0.3, 0.4) is 0 Å². The van der Waals surface area contributed by atoms with E-state index in [0.29, 0.717) is 28.3 Å². The molecule has 0 saturated carbocycles. The van der Waals surface area contributed by atoms with Gasteiger partial charge in [0.05, 0.1) is 36.8 Å². The molecule has 0 aliphatic rings. The normalized spacial score (nSPS) is 10.5. The number of ether oxygens (including phenoxy) is 3. The summed E-state index contributed by atoms with van der Waals surface area (Å²) in [6.07, 6.45) is 1.68. The molecule has 3 aromatic rings. The number of hydrogen-bond donors (Lipinski definition) is 1. The lowest BCUT2D eigenvalue weighted by Gasteiger charge is -2.12. The van der Waals surface area contributed by atoms with E-state index in [2.05, 4.69) is 22.1 Å². The van der Waals surface area contributed by atoms with Crippen LogP contribution < -0.4 is 10.1 Å². The van der Waals surface area contributed by atoms with Crippen LogP contribution >= 0.6 is 23.4 Å². The van der Waals surface area contributed by atoms with E-state index in [0.717, 1.165) is 17.3 Å². The SMILES string of the molecule is C=CCn1c(COc2ccc(Cl)c(C)c2)nnc1SCC(=O)Nc1cc(C(=O)OC)ccc1C(=O)OC. The van der Waals surface area contributed by atoms with Crippen molar-refractivity contribution in [3.63, 3.8) is 0 Å². The number of amides is 1. The Balaban J connectivity index is 1.70. The Morgan fingerprint density at radius 1 is 1.11 bits per heavy atom. The first-order valence-electron chi connectivity index (χ1n) is 10.9. The molecule has 0 radical (unpaired) electrons. The van der Waals surface area contributed by atoms with Crippen molar-refractivity contribution in [3.8, 4) is 5.75 Å². The van der Waals surface area contributed by atoms with Crippen molar-refractivity contribution < 1.29 is 28.6 Å². The molecule has 1 N–H and O–H groups in total. The first kappa shape index (κ1) is 27.8.